The van der Waals surface area contributed by atoms with Gasteiger partial charge in [0, 0.05) is 44.2 Å². The Bertz CT molecular complexity index is 355. The number of pyridine rings is 1. The quantitative estimate of drug-likeness (QED) is 0.883. The van der Waals surface area contributed by atoms with Crippen molar-refractivity contribution in [3.8, 4) is 0 Å². The Morgan fingerprint density at radius 3 is 2.83 bits per heavy atom. The molecule has 0 saturated carbocycles. The molecule has 2 rings (SSSR count). The van der Waals surface area contributed by atoms with Gasteiger partial charge in [0.15, 0.2) is 0 Å². The third-order valence-corrected chi connectivity index (χ3v) is 3.42. The van der Waals surface area contributed by atoms with E-state index in [9.17, 15) is 0 Å². The van der Waals surface area contributed by atoms with E-state index in [4.69, 9.17) is 10.5 Å². The molecule has 0 radical (unpaired) electrons. The fourth-order valence-electron chi connectivity index (χ4n) is 2.69. The summed E-state index contributed by atoms with van der Waals surface area (Å²) in [6, 6.07) is 4.46. The van der Waals surface area contributed by atoms with Gasteiger partial charge >= 0.3 is 0 Å². The first-order chi connectivity index (χ1) is 8.68. The van der Waals surface area contributed by atoms with E-state index in [1.807, 2.05) is 12.4 Å². The predicted molar refractivity (Wildman–Crippen MR) is 72.2 cm³/mol. The van der Waals surface area contributed by atoms with Crippen LogP contribution in [0.2, 0.25) is 0 Å². The molecule has 100 valence electrons. The number of hydrogen-bond acceptors (Lipinski definition) is 4. The van der Waals surface area contributed by atoms with E-state index in [0.29, 0.717) is 0 Å². The van der Waals surface area contributed by atoms with Gasteiger partial charge in [-0.3, -0.25) is 9.88 Å². The lowest BCUT2D eigenvalue weighted by atomic mass is 9.99. The first kappa shape index (κ1) is 13.5. The zero-order valence-corrected chi connectivity index (χ0v) is 11.2. The molecule has 1 aliphatic heterocycles. The minimum Gasteiger partial charge on any atom is -0.377 e. The highest BCUT2D eigenvalue weighted by Gasteiger charge is 2.26. The maximum atomic E-state index is 6.19. The molecule has 1 aromatic rings. The summed E-state index contributed by atoms with van der Waals surface area (Å²) < 4.78 is 5.70. The van der Waals surface area contributed by atoms with E-state index >= 15 is 0 Å². The lowest BCUT2D eigenvalue weighted by Crippen LogP contribution is -2.42. The van der Waals surface area contributed by atoms with Gasteiger partial charge in [0.25, 0.3) is 0 Å². The Hall–Kier alpha value is -0.970. The Labute approximate surface area is 109 Å². The second-order valence-electron chi connectivity index (χ2n) is 5.11. The van der Waals surface area contributed by atoms with Crippen molar-refractivity contribution >= 4 is 0 Å². The van der Waals surface area contributed by atoms with Crippen LogP contribution in [0.15, 0.2) is 24.5 Å². The zero-order chi connectivity index (χ0) is 13.0. The standard InChI is InChI=1S/C14H23N3O/c1-11-10-17(8-3-9-18-11)14(12(2)15)13-4-6-16-7-5-13/h4-7,11-12,14H,3,8-10,15H2,1-2H3. The maximum Gasteiger partial charge on any atom is 0.0674 e. The van der Waals surface area contributed by atoms with E-state index in [0.717, 1.165) is 26.1 Å². The lowest BCUT2D eigenvalue weighted by Gasteiger charge is -2.34. The summed E-state index contributed by atoms with van der Waals surface area (Å²) in [6.45, 7) is 7.03. The molecule has 4 heteroatoms. The highest BCUT2D eigenvalue weighted by molar-refractivity contribution is 5.17. The average molecular weight is 249 g/mol. The van der Waals surface area contributed by atoms with Crippen molar-refractivity contribution in [2.75, 3.05) is 19.7 Å². The van der Waals surface area contributed by atoms with E-state index in [-0.39, 0.29) is 18.2 Å². The van der Waals surface area contributed by atoms with Crippen LogP contribution in [0.4, 0.5) is 0 Å². The predicted octanol–water partition coefficient (Wildman–Crippen LogP) is 1.58. The van der Waals surface area contributed by atoms with Gasteiger partial charge in [-0.25, -0.2) is 0 Å². The third kappa shape index (κ3) is 3.28. The van der Waals surface area contributed by atoms with Crippen molar-refractivity contribution in [1.82, 2.24) is 9.88 Å². The maximum absolute atomic E-state index is 6.19. The Morgan fingerprint density at radius 2 is 2.17 bits per heavy atom. The summed E-state index contributed by atoms with van der Waals surface area (Å²) in [4.78, 5) is 6.52. The smallest absolute Gasteiger partial charge is 0.0674 e. The van der Waals surface area contributed by atoms with Gasteiger partial charge in [0.2, 0.25) is 0 Å². The van der Waals surface area contributed by atoms with Crippen molar-refractivity contribution in [3.05, 3.63) is 30.1 Å². The van der Waals surface area contributed by atoms with E-state index in [2.05, 4.69) is 35.9 Å². The number of rotatable bonds is 3. The van der Waals surface area contributed by atoms with Crippen LogP contribution in [0.25, 0.3) is 0 Å². The number of nitrogens with two attached hydrogens (primary N) is 1. The summed E-state index contributed by atoms with van der Waals surface area (Å²) in [5.74, 6) is 0. The molecule has 1 saturated heterocycles. The largest absolute Gasteiger partial charge is 0.377 e. The molecule has 18 heavy (non-hydrogen) atoms. The van der Waals surface area contributed by atoms with Crippen LogP contribution in [0.3, 0.4) is 0 Å². The summed E-state index contributed by atoms with van der Waals surface area (Å²) in [5.41, 5.74) is 7.44. The second kappa shape index (κ2) is 6.27. The molecule has 0 amide bonds. The van der Waals surface area contributed by atoms with Crippen LogP contribution in [0, 0.1) is 0 Å². The lowest BCUT2D eigenvalue weighted by molar-refractivity contribution is 0.0583. The van der Waals surface area contributed by atoms with Gasteiger partial charge < -0.3 is 10.5 Å². The van der Waals surface area contributed by atoms with Gasteiger partial charge in [-0.15, -0.1) is 0 Å². The number of hydrogen-bond donors (Lipinski definition) is 1. The summed E-state index contributed by atoms with van der Waals surface area (Å²) >= 11 is 0. The minimum atomic E-state index is 0.0951. The summed E-state index contributed by atoms with van der Waals surface area (Å²) in [5, 5.41) is 0. The number of nitrogens with zero attached hydrogens (tertiary/aromatic N) is 2. The molecule has 3 atom stereocenters. The Morgan fingerprint density at radius 1 is 1.44 bits per heavy atom. The van der Waals surface area contributed by atoms with Gasteiger partial charge in [0.05, 0.1) is 6.10 Å². The normalized spacial score (nSPS) is 25.4. The van der Waals surface area contributed by atoms with Crippen LogP contribution in [-0.4, -0.2) is 41.7 Å². The molecule has 0 aromatic carbocycles. The molecule has 1 aromatic heterocycles. The van der Waals surface area contributed by atoms with Crippen LogP contribution in [0.5, 0.6) is 0 Å². The number of aromatic nitrogens is 1. The molecular formula is C14H23N3O. The molecule has 2 heterocycles. The molecule has 3 unspecified atom stereocenters. The van der Waals surface area contributed by atoms with Crippen LogP contribution < -0.4 is 5.73 Å². The third-order valence-electron chi connectivity index (χ3n) is 3.42. The van der Waals surface area contributed by atoms with E-state index in [1.165, 1.54) is 5.56 Å². The van der Waals surface area contributed by atoms with Gasteiger partial charge in [-0.1, -0.05) is 0 Å². The van der Waals surface area contributed by atoms with Gasteiger partial charge in [-0.2, -0.15) is 0 Å². The van der Waals surface area contributed by atoms with E-state index < -0.39 is 0 Å². The summed E-state index contributed by atoms with van der Waals surface area (Å²) in [6.07, 6.45) is 5.01. The van der Waals surface area contributed by atoms with Crippen LogP contribution in [-0.2, 0) is 4.74 Å². The molecule has 0 spiro atoms. The fourth-order valence-corrected chi connectivity index (χ4v) is 2.69. The van der Waals surface area contributed by atoms with Gasteiger partial charge in [0.1, 0.15) is 0 Å². The monoisotopic (exact) mass is 249 g/mol. The Balaban J connectivity index is 2.19. The average Bonchev–Trinajstić information content (AvgIpc) is 2.55. The van der Waals surface area contributed by atoms with Crippen molar-refractivity contribution in [3.63, 3.8) is 0 Å². The molecule has 1 aliphatic rings. The first-order valence-corrected chi connectivity index (χ1v) is 6.69. The molecule has 1 fully saturated rings. The molecule has 0 aliphatic carbocycles. The fraction of sp³-hybridized carbons (Fsp3) is 0.643. The Kier molecular flexibility index (Phi) is 4.69. The van der Waals surface area contributed by atoms with Crippen LogP contribution >= 0.6 is 0 Å². The van der Waals surface area contributed by atoms with Gasteiger partial charge in [-0.05, 0) is 38.0 Å². The number of ether oxygens (including phenoxy) is 1. The molecule has 0 bridgehead atoms. The topological polar surface area (TPSA) is 51.4 Å². The van der Waals surface area contributed by atoms with Crippen molar-refractivity contribution in [1.29, 1.82) is 0 Å². The SMILES string of the molecule is CC1CN(C(c2ccncc2)C(C)N)CCCO1. The summed E-state index contributed by atoms with van der Waals surface area (Å²) in [7, 11) is 0. The van der Waals surface area contributed by atoms with Crippen LogP contribution in [0.1, 0.15) is 31.9 Å². The van der Waals surface area contributed by atoms with Crippen molar-refractivity contribution in [2.45, 2.75) is 38.5 Å². The molecular weight excluding hydrogens is 226 g/mol. The molecule has 2 N–H and O–H groups in total. The van der Waals surface area contributed by atoms with Crippen molar-refractivity contribution in [2.24, 2.45) is 5.73 Å². The zero-order valence-electron chi connectivity index (χ0n) is 11.2. The second-order valence-corrected chi connectivity index (χ2v) is 5.11. The van der Waals surface area contributed by atoms with E-state index in [1.54, 1.807) is 0 Å². The first-order valence-electron chi connectivity index (χ1n) is 6.69. The highest BCUT2D eigenvalue weighted by atomic mass is 16.5. The molecule has 4 nitrogen and oxygen atoms in total. The minimum absolute atomic E-state index is 0.0951. The van der Waals surface area contributed by atoms with Crippen molar-refractivity contribution < 1.29 is 4.74 Å². The highest BCUT2D eigenvalue weighted by Crippen LogP contribution is 2.25.